The van der Waals surface area contributed by atoms with E-state index in [-0.39, 0.29) is 11.7 Å². The number of nitrogens with one attached hydrogen (secondary N) is 3. The molecule has 1 unspecified atom stereocenters. The molecule has 0 aliphatic carbocycles. The van der Waals surface area contributed by atoms with Gasteiger partial charge < -0.3 is 19.9 Å². The van der Waals surface area contributed by atoms with Gasteiger partial charge in [-0.05, 0) is 43.0 Å². The van der Waals surface area contributed by atoms with Crippen LogP contribution in [-0.2, 0) is 11.2 Å². The Labute approximate surface area is 206 Å². The summed E-state index contributed by atoms with van der Waals surface area (Å²) >= 11 is 6.45. The number of rotatable bonds is 5. The smallest absolute Gasteiger partial charge is 0.265 e. The zero-order valence-electron chi connectivity index (χ0n) is 19.1. The van der Waals surface area contributed by atoms with E-state index in [1.54, 1.807) is 34.1 Å². The van der Waals surface area contributed by atoms with E-state index in [0.29, 0.717) is 61.3 Å². The predicted molar refractivity (Wildman–Crippen MR) is 129 cm³/mol. The molecule has 9 nitrogen and oxygen atoms in total. The van der Waals surface area contributed by atoms with Crippen LogP contribution in [0.5, 0.6) is 5.75 Å². The summed E-state index contributed by atoms with van der Waals surface area (Å²) in [4.78, 5) is 16.8. The van der Waals surface area contributed by atoms with Gasteiger partial charge in [-0.15, -0.1) is 5.10 Å². The fourth-order valence-corrected chi connectivity index (χ4v) is 4.92. The number of benzene rings is 2. The molecular weight excluding hydrogens is 473 g/mol. The normalized spacial score (nSPS) is 18.7. The standard InChI is InChI=1S/C24H25ClFN7O2/c1-32(23-29-31-30-23)19-11-20-18(10-17(19)25)28-13-21(35-20)22(34)33-8-6-24(14-27,7-9-33)12-15-2-4-16(26)5-3-15/h2-5,10-11,21,28,31H,6-9,12-13H2,1H3,(H,29,30). The molecule has 0 bridgehead atoms. The molecule has 182 valence electrons. The van der Waals surface area contributed by atoms with Crippen molar-refractivity contribution in [2.75, 3.05) is 36.9 Å². The van der Waals surface area contributed by atoms with Crippen molar-refractivity contribution < 1.29 is 13.9 Å². The zero-order chi connectivity index (χ0) is 24.6. The fourth-order valence-electron chi connectivity index (χ4n) is 4.63. The molecule has 1 aromatic heterocycles. The van der Waals surface area contributed by atoms with E-state index in [1.807, 2.05) is 7.05 Å². The van der Waals surface area contributed by atoms with Crippen molar-refractivity contribution in [3.8, 4) is 11.8 Å². The number of hydrogen-bond acceptors (Lipinski definition) is 6. The van der Waals surface area contributed by atoms with E-state index in [2.05, 4.69) is 26.8 Å². The molecule has 0 saturated carbocycles. The number of H-pyrrole nitrogens is 2. The second-order valence-electron chi connectivity index (χ2n) is 9.04. The monoisotopic (exact) mass is 497 g/mol. The van der Waals surface area contributed by atoms with Crippen molar-refractivity contribution >= 4 is 34.8 Å². The zero-order valence-corrected chi connectivity index (χ0v) is 19.9. The lowest BCUT2D eigenvalue weighted by Crippen LogP contribution is -2.51. The number of carbonyl (C=O) groups is 1. The van der Waals surface area contributed by atoms with Crippen LogP contribution in [0.1, 0.15) is 18.4 Å². The Kier molecular flexibility index (Phi) is 6.03. The number of nitrogens with zero attached hydrogens (tertiary/aromatic N) is 4. The van der Waals surface area contributed by atoms with E-state index < -0.39 is 11.5 Å². The van der Waals surface area contributed by atoms with Gasteiger partial charge in [-0.25, -0.2) is 9.60 Å². The lowest BCUT2D eigenvalue weighted by Gasteiger charge is -2.39. The van der Waals surface area contributed by atoms with Crippen LogP contribution in [0.25, 0.3) is 0 Å². The van der Waals surface area contributed by atoms with Crippen LogP contribution < -0.4 is 15.0 Å². The van der Waals surface area contributed by atoms with Gasteiger partial charge in [-0.3, -0.25) is 9.89 Å². The second-order valence-corrected chi connectivity index (χ2v) is 9.45. The van der Waals surface area contributed by atoms with Gasteiger partial charge in [0, 0.05) is 26.2 Å². The summed E-state index contributed by atoms with van der Waals surface area (Å²) < 4.78 is 19.3. The maximum Gasteiger partial charge on any atom is 0.265 e. The van der Waals surface area contributed by atoms with Crippen molar-refractivity contribution in [3.63, 3.8) is 0 Å². The first-order valence-corrected chi connectivity index (χ1v) is 11.8. The van der Waals surface area contributed by atoms with Crippen LogP contribution in [0.15, 0.2) is 36.4 Å². The Morgan fingerprint density at radius 3 is 2.69 bits per heavy atom. The van der Waals surface area contributed by atoms with Gasteiger partial charge in [-0.2, -0.15) is 5.26 Å². The molecule has 3 N–H and O–H groups in total. The Morgan fingerprint density at radius 1 is 1.34 bits per heavy atom. The summed E-state index contributed by atoms with van der Waals surface area (Å²) in [5.41, 5.74) is 1.75. The van der Waals surface area contributed by atoms with Crippen LogP contribution in [-0.4, -0.2) is 59.0 Å². The molecule has 0 radical (unpaired) electrons. The highest BCUT2D eigenvalue weighted by Gasteiger charge is 2.39. The summed E-state index contributed by atoms with van der Waals surface area (Å²) in [6.07, 6.45) is 0.955. The van der Waals surface area contributed by atoms with Crippen molar-refractivity contribution in [3.05, 3.63) is 52.8 Å². The molecule has 1 amide bonds. The van der Waals surface area contributed by atoms with Crippen LogP contribution in [0.2, 0.25) is 5.02 Å². The number of aromatic amines is 2. The Morgan fingerprint density at radius 2 is 2.06 bits per heavy atom. The Balaban J connectivity index is 1.24. The van der Waals surface area contributed by atoms with E-state index in [0.717, 1.165) is 11.3 Å². The molecule has 11 heteroatoms. The number of nitriles is 1. The fraction of sp³-hybridized carbons (Fsp3) is 0.375. The highest BCUT2D eigenvalue weighted by molar-refractivity contribution is 6.33. The second kappa shape index (κ2) is 9.15. The molecule has 35 heavy (non-hydrogen) atoms. The molecule has 1 saturated heterocycles. The molecule has 1 fully saturated rings. The number of halogens is 2. The molecule has 2 aliphatic rings. The maximum atomic E-state index is 13.3. The first-order valence-electron chi connectivity index (χ1n) is 11.4. The van der Waals surface area contributed by atoms with Gasteiger partial charge in [0.05, 0.1) is 34.4 Å². The number of amides is 1. The van der Waals surface area contributed by atoms with E-state index >= 15 is 0 Å². The van der Waals surface area contributed by atoms with Crippen molar-refractivity contribution in [2.45, 2.75) is 25.4 Å². The molecule has 1 atom stereocenters. The van der Waals surface area contributed by atoms with Crippen molar-refractivity contribution in [1.29, 1.82) is 5.26 Å². The molecular formula is C24H25ClFN7O2. The molecule has 2 aromatic carbocycles. The van der Waals surface area contributed by atoms with Gasteiger partial charge in [0.25, 0.3) is 5.91 Å². The van der Waals surface area contributed by atoms with E-state index in [4.69, 9.17) is 16.3 Å². The highest BCUT2D eigenvalue weighted by Crippen LogP contribution is 2.40. The van der Waals surface area contributed by atoms with Gasteiger partial charge >= 0.3 is 0 Å². The molecule has 2 aliphatic heterocycles. The quantitative estimate of drug-likeness (QED) is 0.493. The third kappa shape index (κ3) is 4.51. The van der Waals surface area contributed by atoms with Gasteiger partial charge in [0.2, 0.25) is 5.95 Å². The summed E-state index contributed by atoms with van der Waals surface area (Å²) in [6, 6.07) is 12.3. The number of ether oxygens (including phenoxy) is 1. The molecule has 5 rings (SSSR count). The highest BCUT2D eigenvalue weighted by atomic mass is 35.5. The van der Waals surface area contributed by atoms with E-state index in [9.17, 15) is 14.4 Å². The van der Waals surface area contributed by atoms with Gasteiger partial charge in [-0.1, -0.05) is 23.7 Å². The molecule has 3 heterocycles. The molecule has 3 aromatic rings. The first kappa shape index (κ1) is 23.1. The maximum absolute atomic E-state index is 13.3. The van der Waals surface area contributed by atoms with Gasteiger partial charge in [0.1, 0.15) is 11.6 Å². The number of hydrogen-bond donors (Lipinski definition) is 3. The lowest BCUT2D eigenvalue weighted by atomic mass is 9.75. The summed E-state index contributed by atoms with van der Waals surface area (Å²) in [7, 11) is 1.82. The Bertz CT molecular complexity index is 1250. The minimum absolute atomic E-state index is 0.115. The van der Waals surface area contributed by atoms with Crippen molar-refractivity contribution in [1.82, 2.24) is 20.3 Å². The average molecular weight is 498 g/mol. The number of carbonyl (C=O) groups excluding carboxylic acids is 1. The van der Waals surface area contributed by atoms with Crippen LogP contribution in [0.3, 0.4) is 0 Å². The predicted octanol–water partition coefficient (Wildman–Crippen LogP) is 3.85. The van der Waals surface area contributed by atoms with Crippen LogP contribution in [0, 0.1) is 22.6 Å². The van der Waals surface area contributed by atoms with Crippen LogP contribution >= 0.6 is 11.6 Å². The lowest BCUT2D eigenvalue weighted by molar-refractivity contribution is -0.140. The Hall–Kier alpha value is -3.71. The first-order chi connectivity index (χ1) is 16.9. The SMILES string of the molecule is CN(c1n[nH][nH]1)c1cc2c(cc1Cl)NCC(C(=O)N1CCC(C#N)(Cc3ccc(F)cc3)CC1)O2. The average Bonchev–Trinajstić information content (AvgIpc) is 2.83. The minimum atomic E-state index is -0.686. The third-order valence-electron chi connectivity index (χ3n) is 6.81. The number of aromatic nitrogens is 3. The largest absolute Gasteiger partial charge is 0.476 e. The minimum Gasteiger partial charge on any atom is -0.476 e. The number of piperidine rings is 1. The van der Waals surface area contributed by atoms with Gasteiger partial charge in [0.15, 0.2) is 6.10 Å². The summed E-state index contributed by atoms with van der Waals surface area (Å²) in [5.74, 6) is 0.733. The van der Waals surface area contributed by atoms with E-state index in [1.165, 1.54) is 12.1 Å². The number of fused-ring (bicyclic) bond motifs is 1. The topological polar surface area (TPSA) is 113 Å². The molecule has 0 spiro atoms. The number of anilines is 3. The summed E-state index contributed by atoms with van der Waals surface area (Å²) in [6.45, 7) is 1.26. The van der Waals surface area contributed by atoms with Crippen LogP contribution in [0.4, 0.5) is 21.7 Å². The summed E-state index contributed by atoms with van der Waals surface area (Å²) in [5, 5.41) is 23.1. The van der Waals surface area contributed by atoms with Crippen molar-refractivity contribution in [2.24, 2.45) is 5.41 Å². The third-order valence-corrected chi connectivity index (χ3v) is 7.11. The number of likely N-dealkylation sites (tertiary alicyclic amines) is 1.